The molecule has 29 heavy (non-hydrogen) atoms. The lowest BCUT2D eigenvalue weighted by atomic mass is 9.98. The average molecular weight is 400 g/mol. The van der Waals surface area contributed by atoms with E-state index in [0.717, 1.165) is 0 Å². The first kappa shape index (κ1) is 19.0. The molecule has 1 unspecified atom stereocenters. The van der Waals surface area contributed by atoms with Crippen molar-refractivity contribution >= 4 is 23.5 Å². The third-order valence-corrected chi connectivity index (χ3v) is 5.47. The second-order valence-electron chi connectivity index (χ2n) is 7.27. The zero-order chi connectivity index (χ0) is 21.0. The zero-order valence-corrected chi connectivity index (χ0v) is 15.8. The fourth-order valence-electron chi connectivity index (χ4n) is 4.02. The number of hydrogen-bond donors (Lipinski definition) is 2. The highest BCUT2D eigenvalue weighted by atomic mass is 19.1. The molecule has 1 aromatic carbocycles. The van der Waals surface area contributed by atoms with Gasteiger partial charge in [-0.3, -0.25) is 19.7 Å². The van der Waals surface area contributed by atoms with Crippen LogP contribution in [0.1, 0.15) is 47.3 Å². The Balaban J connectivity index is 1.77. The van der Waals surface area contributed by atoms with E-state index in [1.165, 1.54) is 30.0 Å². The van der Waals surface area contributed by atoms with Gasteiger partial charge >= 0.3 is 0 Å². The van der Waals surface area contributed by atoms with Crippen molar-refractivity contribution in [3.05, 3.63) is 46.5 Å². The van der Waals surface area contributed by atoms with Crippen molar-refractivity contribution in [1.29, 1.82) is 0 Å². The van der Waals surface area contributed by atoms with E-state index < -0.39 is 41.4 Å². The maximum absolute atomic E-state index is 15.4. The largest absolute Gasteiger partial charge is 0.381 e. The molecule has 0 saturated carbocycles. The van der Waals surface area contributed by atoms with Crippen LogP contribution in [-0.2, 0) is 9.59 Å². The van der Waals surface area contributed by atoms with Gasteiger partial charge in [-0.2, -0.15) is 0 Å². The minimum atomic E-state index is -0.854. The molecular weight excluding hydrogens is 382 g/mol. The Bertz CT molecular complexity index is 1060. The number of aryl methyl sites for hydroxylation is 1. The number of rotatable bonds is 2. The molecule has 0 spiro atoms. The van der Waals surface area contributed by atoms with Crippen LogP contribution in [0, 0.1) is 18.6 Å². The van der Waals surface area contributed by atoms with Gasteiger partial charge in [0.15, 0.2) is 11.6 Å². The second-order valence-corrected chi connectivity index (χ2v) is 7.27. The standard InChI is InChI=1S/C20H18F2N4O3/c1-8-7-12(24-18(23)16(8)21)10-3-4-11-15(17(10)22)9(2)26(20(11)29)13-5-6-14(27)25-19(13)28/h3-4,7,9,13H,5-6H2,1-2H3,(H2,23,24)(H,25,27,28)/t9-,13?/m1/s1. The van der Waals surface area contributed by atoms with Gasteiger partial charge in [-0.15, -0.1) is 0 Å². The van der Waals surface area contributed by atoms with Crippen molar-refractivity contribution in [1.82, 2.24) is 15.2 Å². The number of piperidine rings is 1. The van der Waals surface area contributed by atoms with Crippen LogP contribution in [0.4, 0.5) is 14.6 Å². The van der Waals surface area contributed by atoms with Crippen LogP contribution >= 0.6 is 0 Å². The Labute approximate surface area is 164 Å². The van der Waals surface area contributed by atoms with Crippen molar-refractivity contribution < 1.29 is 23.2 Å². The van der Waals surface area contributed by atoms with Crippen LogP contribution < -0.4 is 11.1 Å². The number of hydrogen-bond acceptors (Lipinski definition) is 5. The second kappa shape index (κ2) is 6.61. The van der Waals surface area contributed by atoms with Gasteiger partial charge in [-0.05, 0) is 44.0 Å². The molecule has 9 heteroatoms. The number of fused-ring (bicyclic) bond motifs is 1. The van der Waals surface area contributed by atoms with E-state index in [-0.39, 0.29) is 46.6 Å². The minimum Gasteiger partial charge on any atom is -0.381 e. The lowest BCUT2D eigenvalue weighted by Gasteiger charge is -2.32. The van der Waals surface area contributed by atoms with E-state index in [9.17, 15) is 18.8 Å². The summed E-state index contributed by atoms with van der Waals surface area (Å²) in [6, 6.07) is 2.67. The molecule has 7 nitrogen and oxygen atoms in total. The van der Waals surface area contributed by atoms with E-state index in [1.54, 1.807) is 6.92 Å². The molecule has 1 aromatic heterocycles. The SMILES string of the molecule is Cc1cc(-c2ccc3c(c2F)[C@@H](C)N(C2CCC(=O)NC2=O)C3=O)nc(N)c1F. The molecule has 2 aliphatic rings. The zero-order valence-electron chi connectivity index (χ0n) is 15.8. The number of carbonyl (C=O) groups excluding carboxylic acids is 3. The Morgan fingerprint density at radius 3 is 2.52 bits per heavy atom. The summed E-state index contributed by atoms with van der Waals surface area (Å²) in [6.45, 7) is 3.12. The normalized spacial score (nSPS) is 21.4. The first-order valence-electron chi connectivity index (χ1n) is 9.12. The predicted octanol–water partition coefficient (Wildman–Crippen LogP) is 2.24. The van der Waals surface area contributed by atoms with Crippen molar-refractivity contribution in [2.24, 2.45) is 0 Å². The Kier molecular flexibility index (Phi) is 4.33. The number of nitrogens with two attached hydrogens (primary N) is 1. The molecule has 2 aliphatic heterocycles. The minimum absolute atomic E-state index is 0.0864. The van der Waals surface area contributed by atoms with Crippen LogP contribution in [-0.4, -0.2) is 33.6 Å². The molecule has 2 aromatic rings. The molecule has 0 radical (unpaired) electrons. The summed E-state index contributed by atoms with van der Waals surface area (Å²) in [5, 5.41) is 2.22. The molecular formula is C20H18F2N4O3. The summed E-state index contributed by atoms with van der Waals surface area (Å²) >= 11 is 0. The van der Waals surface area contributed by atoms with Crippen LogP contribution in [0.2, 0.25) is 0 Å². The van der Waals surface area contributed by atoms with Gasteiger partial charge in [0, 0.05) is 23.1 Å². The number of amides is 3. The van der Waals surface area contributed by atoms with Crippen LogP contribution in [0.5, 0.6) is 0 Å². The highest BCUT2D eigenvalue weighted by Gasteiger charge is 2.44. The first-order valence-corrected chi connectivity index (χ1v) is 9.12. The summed E-state index contributed by atoms with van der Waals surface area (Å²) in [5.41, 5.74) is 6.32. The molecule has 3 N–H and O–H groups in total. The molecule has 4 rings (SSSR count). The molecule has 3 heterocycles. The Hall–Kier alpha value is -3.36. The van der Waals surface area contributed by atoms with E-state index in [2.05, 4.69) is 10.3 Å². The predicted molar refractivity (Wildman–Crippen MR) is 99.5 cm³/mol. The van der Waals surface area contributed by atoms with Crippen molar-refractivity contribution in [2.75, 3.05) is 5.73 Å². The highest BCUT2D eigenvalue weighted by molar-refractivity contribution is 6.06. The molecule has 0 bridgehead atoms. The van der Waals surface area contributed by atoms with Gasteiger partial charge in [0.05, 0.1) is 11.7 Å². The van der Waals surface area contributed by atoms with E-state index in [1.807, 2.05) is 0 Å². The topological polar surface area (TPSA) is 105 Å². The van der Waals surface area contributed by atoms with E-state index in [0.29, 0.717) is 0 Å². The third kappa shape index (κ3) is 2.84. The quantitative estimate of drug-likeness (QED) is 0.752. The fraction of sp³-hybridized carbons (Fsp3) is 0.300. The summed E-state index contributed by atoms with van der Waals surface area (Å²) in [4.78, 5) is 41.8. The number of halogens is 2. The monoisotopic (exact) mass is 400 g/mol. The highest BCUT2D eigenvalue weighted by Crippen LogP contribution is 2.41. The molecule has 3 amide bonds. The van der Waals surface area contributed by atoms with Crippen LogP contribution in [0.25, 0.3) is 11.3 Å². The summed E-state index contributed by atoms with van der Waals surface area (Å²) in [7, 11) is 0. The number of benzene rings is 1. The lowest BCUT2D eigenvalue weighted by molar-refractivity contribution is -0.137. The van der Waals surface area contributed by atoms with Gasteiger partial charge < -0.3 is 10.6 Å². The fourth-order valence-corrected chi connectivity index (χ4v) is 4.02. The molecule has 0 aliphatic carbocycles. The van der Waals surface area contributed by atoms with Gasteiger partial charge in [0.1, 0.15) is 11.9 Å². The van der Waals surface area contributed by atoms with Gasteiger partial charge in [0.25, 0.3) is 5.91 Å². The number of nitrogen functional groups attached to an aromatic ring is 1. The van der Waals surface area contributed by atoms with Crippen molar-refractivity contribution in [2.45, 2.75) is 38.8 Å². The van der Waals surface area contributed by atoms with Crippen LogP contribution in [0.15, 0.2) is 18.2 Å². The van der Waals surface area contributed by atoms with Gasteiger partial charge in [0.2, 0.25) is 11.8 Å². The third-order valence-electron chi connectivity index (χ3n) is 5.47. The number of pyridine rings is 1. The van der Waals surface area contributed by atoms with Gasteiger partial charge in [-0.1, -0.05) is 0 Å². The van der Waals surface area contributed by atoms with Gasteiger partial charge in [-0.25, -0.2) is 13.8 Å². The summed E-state index contributed by atoms with van der Waals surface area (Å²) < 4.78 is 29.2. The summed E-state index contributed by atoms with van der Waals surface area (Å²) in [6.07, 6.45) is 0.285. The number of carbonyl (C=O) groups is 3. The number of anilines is 1. The number of aromatic nitrogens is 1. The molecule has 2 atom stereocenters. The first-order chi connectivity index (χ1) is 13.7. The molecule has 1 saturated heterocycles. The maximum Gasteiger partial charge on any atom is 0.255 e. The summed E-state index contributed by atoms with van der Waals surface area (Å²) in [5.74, 6) is -3.12. The number of nitrogens with one attached hydrogen (secondary N) is 1. The molecule has 1 fully saturated rings. The Morgan fingerprint density at radius 2 is 1.86 bits per heavy atom. The Morgan fingerprint density at radius 1 is 1.17 bits per heavy atom. The molecule has 150 valence electrons. The average Bonchev–Trinajstić information content (AvgIpc) is 2.91. The van der Waals surface area contributed by atoms with E-state index >= 15 is 4.39 Å². The van der Waals surface area contributed by atoms with E-state index in [4.69, 9.17) is 5.73 Å². The number of imide groups is 1. The maximum atomic E-state index is 15.4. The van der Waals surface area contributed by atoms with Crippen molar-refractivity contribution in [3.8, 4) is 11.3 Å². The lowest BCUT2D eigenvalue weighted by Crippen LogP contribution is -2.53. The number of nitrogens with zero attached hydrogens (tertiary/aromatic N) is 2. The van der Waals surface area contributed by atoms with Crippen LogP contribution in [0.3, 0.4) is 0 Å². The van der Waals surface area contributed by atoms with Crippen molar-refractivity contribution in [3.63, 3.8) is 0 Å². The smallest absolute Gasteiger partial charge is 0.255 e.